The van der Waals surface area contributed by atoms with Crippen LogP contribution in [-0.2, 0) is 28.5 Å². The Morgan fingerprint density at radius 3 is 1.70 bits per heavy atom. The fraction of sp³-hybridized carbons (Fsp3) is 0.571. The molecule has 2 atom stereocenters. The summed E-state index contributed by atoms with van der Waals surface area (Å²) in [6.45, 7) is 0.113. The van der Waals surface area contributed by atoms with Gasteiger partial charge in [-0.3, -0.25) is 0 Å². The van der Waals surface area contributed by atoms with E-state index in [2.05, 4.69) is 0 Å². The van der Waals surface area contributed by atoms with E-state index in [9.17, 15) is 9.59 Å². The summed E-state index contributed by atoms with van der Waals surface area (Å²) in [5.41, 5.74) is 0. The highest BCUT2D eigenvalue weighted by Gasteiger charge is 2.22. The number of carbonyl (C=O) groups excluding carboxylic acids is 2. The van der Waals surface area contributed by atoms with Crippen LogP contribution in [0.4, 0.5) is 0 Å². The lowest BCUT2D eigenvalue weighted by molar-refractivity contribution is -0.171. The maximum absolute atomic E-state index is 11.4. The van der Waals surface area contributed by atoms with Crippen molar-refractivity contribution >= 4 is 11.9 Å². The van der Waals surface area contributed by atoms with Crippen LogP contribution in [0.25, 0.3) is 0 Å². The molecule has 0 N–H and O–H groups in total. The van der Waals surface area contributed by atoms with Gasteiger partial charge in [0, 0.05) is 0 Å². The monoisotopic (exact) mass is 282 g/mol. The van der Waals surface area contributed by atoms with Crippen molar-refractivity contribution in [3.8, 4) is 0 Å². The van der Waals surface area contributed by atoms with Gasteiger partial charge in [-0.1, -0.05) is 0 Å². The Morgan fingerprint density at radius 2 is 1.35 bits per heavy atom. The van der Waals surface area contributed by atoms with Gasteiger partial charge in [-0.2, -0.15) is 0 Å². The molecule has 6 nitrogen and oxygen atoms in total. The Hall–Kier alpha value is -1.98. The van der Waals surface area contributed by atoms with Crippen LogP contribution in [0.15, 0.2) is 24.7 Å². The molecule has 0 saturated carbocycles. The fourth-order valence-corrected chi connectivity index (χ4v) is 1.87. The summed E-state index contributed by atoms with van der Waals surface area (Å²) in [5.74, 6) is -1.98. The van der Waals surface area contributed by atoms with Gasteiger partial charge >= 0.3 is 11.9 Å². The molecule has 2 aliphatic rings. The summed E-state index contributed by atoms with van der Waals surface area (Å²) in [5, 5.41) is 0. The minimum Gasteiger partial charge on any atom is -0.495 e. The van der Waals surface area contributed by atoms with Gasteiger partial charge in [0.25, 0.3) is 0 Å². The first kappa shape index (κ1) is 14.4. The molecular weight excluding hydrogens is 264 g/mol. The van der Waals surface area contributed by atoms with E-state index < -0.39 is 11.9 Å². The van der Waals surface area contributed by atoms with Crippen LogP contribution in [0.1, 0.15) is 25.7 Å². The van der Waals surface area contributed by atoms with Crippen LogP contribution in [0.3, 0.4) is 0 Å². The predicted molar refractivity (Wildman–Crippen MR) is 68.4 cm³/mol. The number of hydrogen-bond donors (Lipinski definition) is 0. The fourth-order valence-electron chi connectivity index (χ4n) is 1.87. The molecule has 2 rings (SSSR count). The number of allylic oxidation sites excluding steroid dienone is 2. The molecule has 0 radical (unpaired) electrons. The van der Waals surface area contributed by atoms with Gasteiger partial charge in [-0.15, -0.1) is 0 Å². The van der Waals surface area contributed by atoms with E-state index in [1.807, 2.05) is 12.2 Å². The largest absolute Gasteiger partial charge is 0.495 e. The van der Waals surface area contributed by atoms with E-state index in [4.69, 9.17) is 18.9 Å². The van der Waals surface area contributed by atoms with Crippen molar-refractivity contribution in [1.29, 1.82) is 0 Å². The molecule has 0 saturated heterocycles. The minimum atomic E-state index is -0.991. The predicted octanol–water partition coefficient (Wildman–Crippen LogP) is 1.46. The zero-order chi connectivity index (χ0) is 14.2. The molecule has 2 heterocycles. The zero-order valence-electron chi connectivity index (χ0n) is 11.2. The molecule has 0 spiro atoms. The summed E-state index contributed by atoms with van der Waals surface area (Å²) in [6, 6.07) is 0. The van der Waals surface area contributed by atoms with Crippen molar-refractivity contribution in [2.75, 3.05) is 13.2 Å². The van der Waals surface area contributed by atoms with Gasteiger partial charge in [0.2, 0.25) is 0 Å². The highest BCUT2D eigenvalue weighted by molar-refractivity contribution is 6.29. The second-order valence-corrected chi connectivity index (χ2v) is 4.61. The quantitative estimate of drug-likeness (QED) is 0.574. The number of rotatable bonds is 4. The van der Waals surface area contributed by atoms with Crippen LogP contribution in [-0.4, -0.2) is 37.4 Å². The molecule has 0 aromatic rings. The van der Waals surface area contributed by atoms with E-state index in [1.54, 1.807) is 12.5 Å². The molecule has 0 bridgehead atoms. The summed E-state index contributed by atoms with van der Waals surface area (Å²) >= 11 is 0. The average molecular weight is 282 g/mol. The van der Waals surface area contributed by atoms with Gasteiger partial charge in [0.15, 0.2) is 0 Å². The van der Waals surface area contributed by atoms with Gasteiger partial charge in [0.1, 0.15) is 25.4 Å². The molecule has 0 aromatic heterocycles. The van der Waals surface area contributed by atoms with Crippen LogP contribution in [0, 0.1) is 0 Å². The first-order valence-corrected chi connectivity index (χ1v) is 6.70. The standard InChI is InChI=1S/C14H18O6/c15-13(19-9-11-5-1-3-7-17-11)14(16)20-10-12-6-2-4-8-18-12/h3-4,7-8,11-12H,1-2,5-6,9-10H2. The molecule has 0 amide bonds. The molecule has 0 aromatic carbocycles. The Kier molecular flexibility index (Phi) is 5.46. The van der Waals surface area contributed by atoms with Crippen molar-refractivity contribution in [3.63, 3.8) is 0 Å². The molecule has 0 aliphatic carbocycles. The van der Waals surface area contributed by atoms with Crippen LogP contribution in [0.5, 0.6) is 0 Å². The third-order valence-corrected chi connectivity index (χ3v) is 3.01. The summed E-state index contributed by atoms with van der Waals surface area (Å²) < 4.78 is 20.2. The van der Waals surface area contributed by atoms with Crippen molar-refractivity contribution in [1.82, 2.24) is 0 Å². The minimum absolute atomic E-state index is 0.0565. The highest BCUT2D eigenvalue weighted by atomic mass is 16.6. The maximum atomic E-state index is 11.4. The number of carbonyl (C=O) groups is 2. The number of hydrogen-bond acceptors (Lipinski definition) is 6. The number of esters is 2. The van der Waals surface area contributed by atoms with Crippen LogP contribution >= 0.6 is 0 Å². The van der Waals surface area contributed by atoms with E-state index >= 15 is 0 Å². The van der Waals surface area contributed by atoms with Crippen molar-refractivity contribution in [2.45, 2.75) is 37.9 Å². The first-order valence-electron chi connectivity index (χ1n) is 6.70. The summed E-state index contributed by atoms with van der Waals surface area (Å²) in [4.78, 5) is 22.9. The Labute approximate surface area is 117 Å². The molecular formula is C14H18O6. The maximum Gasteiger partial charge on any atom is 0.417 e. The van der Waals surface area contributed by atoms with Gasteiger partial charge in [0.05, 0.1) is 12.5 Å². The van der Waals surface area contributed by atoms with Gasteiger partial charge in [-0.05, 0) is 37.8 Å². The van der Waals surface area contributed by atoms with E-state index in [0.717, 1.165) is 25.7 Å². The first-order chi connectivity index (χ1) is 9.75. The Balaban J connectivity index is 1.62. The van der Waals surface area contributed by atoms with Gasteiger partial charge < -0.3 is 18.9 Å². The van der Waals surface area contributed by atoms with Gasteiger partial charge in [-0.25, -0.2) is 9.59 Å². The lowest BCUT2D eigenvalue weighted by Crippen LogP contribution is -2.29. The molecule has 0 fully saturated rings. The molecule has 2 unspecified atom stereocenters. The Morgan fingerprint density at radius 1 is 0.900 bits per heavy atom. The third kappa shape index (κ3) is 4.60. The SMILES string of the molecule is O=C(OCC1CCC=CO1)C(=O)OCC1CCC=CO1. The number of ether oxygens (including phenoxy) is 4. The lowest BCUT2D eigenvalue weighted by atomic mass is 10.2. The molecule has 110 valence electrons. The summed E-state index contributed by atoms with van der Waals surface area (Å²) in [6.07, 6.45) is 9.84. The smallest absolute Gasteiger partial charge is 0.417 e. The van der Waals surface area contributed by atoms with Crippen LogP contribution < -0.4 is 0 Å². The third-order valence-electron chi connectivity index (χ3n) is 3.01. The highest BCUT2D eigenvalue weighted by Crippen LogP contribution is 2.11. The van der Waals surface area contributed by atoms with E-state index in [-0.39, 0.29) is 25.4 Å². The molecule has 20 heavy (non-hydrogen) atoms. The lowest BCUT2D eigenvalue weighted by Gasteiger charge is -2.20. The van der Waals surface area contributed by atoms with Crippen molar-refractivity contribution < 1.29 is 28.5 Å². The topological polar surface area (TPSA) is 71.1 Å². The average Bonchev–Trinajstić information content (AvgIpc) is 2.52. The second-order valence-electron chi connectivity index (χ2n) is 4.61. The molecule has 2 aliphatic heterocycles. The van der Waals surface area contributed by atoms with Crippen molar-refractivity contribution in [3.05, 3.63) is 24.7 Å². The van der Waals surface area contributed by atoms with E-state index in [1.165, 1.54) is 0 Å². The molecule has 6 heteroatoms. The summed E-state index contributed by atoms with van der Waals surface area (Å²) in [7, 11) is 0. The van der Waals surface area contributed by atoms with Crippen LogP contribution in [0.2, 0.25) is 0 Å². The zero-order valence-corrected chi connectivity index (χ0v) is 11.2. The second kappa shape index (κ2) is 7.57. The normalized spacial score (nSPS) is 24.4. The van der Waals surface area contributed by atoms with Crippen molar-refractivity contribution in [2.24, 2.45) is 0 Å². The Bertz CT molecular complexity index is 362. The van der Waals surface area contributed by atoms with E-state index in [0.29, 0.717) is 0 Å².